The van der Waals surface area contributed by atoms with Crippen molar-refractivity contribution < 1.29 is 21.0 Å². The Balaban J connectivity index is 2.27. The minimum atomic E-state index is -0.361. The predicted octanol–water partition coefficient (Wildman–Crippen LogP) is 0.816. The normalized spacial score (nSPS) is 11.8. The molecule has 0 aliphatic carbocycles. The van der Waals surface area contributed by atoms with E-state index in [0.717, 1.165) is 0 Å². The van der Waals surface area contributed by atoms with E-state index in [9.17, 15) is 0 Å². The molecule has 0 bridgehead atoms. The number of fused-ring (bicyclic) bond motifs is 5. The number of halogens is 1. The van der Waals surface area contributed by atoms with E-state index < -0.39 is 0 Å². The molecule has 1 N–H and O–H groups in total. The standard InChI is InChI=1S/C16H10BIN/c17-18-11-6-8-14-13(9-11)16-12-4-2-1-3-10(12)5-7-15(16)19-14/h1-9,19H/q-1. The molecule has 0 saturated carbocycles. The van der Waals surface area contributed by atoms with Crippen LogP contribution in [0.2, 0.25) is 0 Å². The van der Waals surface area contributed by atoms with Gasteiger partial charge < -0.3 is 0 Å². The van der Waals surface area contributed by atoms with Gasteiger partial charge in [-0.2, -0.15) is 0 Å². The third kappa shape index (κ3) is 1.68. The number of hydrogen-bond donors (Lipinski definition) is 1. The van der Waals surface area contributed by atoms with E-state index >= 15 is 0 Å². The Bertz CT molecular complexity index is 910. The molecule has 19 heavy (non-hydrogen) atoms. The Labute approximate surface area is 122 Å². The van der Waals surface area contributed by atoms with Gasteiger partial charge in [0, 0.05) is 0 Å². The minimum absolute atomic E-state index is 0.361. The summed E-state index contributed by atoms with van der Waals surface area (Å²) in [4.78, 5) is 3.49. The second-order valence-corrected chi connectivity index (χ2v) is 6.50. The summed E-state index contributed by atoms with van der Waals surface area (Å²) in [5.41, 5.74) is 8.25. The van der Waals surface area contributed by atoms with Crippen LogP contribution in [0.3, 0.4) is 0 Å². The van der Waals surface area contributed by atoms with Crippen LogP contribution in [-0.4, -0.2) is 10.7 Å². The topological polar surface area (TPSA) is 15.8 Å². The zero-order valence-corrected chi connectivity index (χ0v) is 12.3. The van der Waals surface area contributed by atoms with E-state index in [2.05, 4.69) is 59.6 Å². The molecule has 3 aromatic carbocycles. The molecule has 0 fully saturated rings. The summed E-state index contributed by atoms with van der Waals surface area (Å²) < 4.78 is 1.28. The molecule has 0 aliphatic rings. The monoisotopic (exact) mass is 354 g/mol. The predicted molar refractivity (Wildman–Crippen MR) is 77.8 cm³/mol. The van der Waals surface area contributed by atoms with Crippen molar-refractivity contribution in [1.82, 2.24) is 4.98 Å². The Hall–Kier alpha value is -1.49. The summed E-state index contributed by atoms with van der Waals surface area (Å²) in [5.74, 6) is 0. The van der Waals surface area contributed by atoms with Gasteiger partial charge in [-0.3, -0.25) is 0 Å². The van der Waals surface area contributed by atoms with Crippen LogP contribution < -0.4 is 21.0 Å². The molecule has 0 unspecified atom stereocenters. The number of aromatic amines is 1. The number of rotatable bonds is 1. The molecule has 90 valence electrons. The molecule has 0 saturated heterocycles. The zero-order valence-electron chi connectivity index (χ0n) is 10.2. The van der Waals surface area contributed by atoms with Crippen molar-refractivity contribution >= 4 is 38.3 Å². The molecule has 3 heteroatoms. The van der Waals surface area contributed by atoms with Crippen molar-refractivity contribution in [3.8, 4) is 0 Å². The van der Waals surface area contributed by atoms with Crippen molar-refractivity contribution in [3.63, 3.8) is 0 Å². The van der Waals surface area contributed by atoms with Gasteiger partial charge in [0.15, 0.2) is 0 Å². The van der Waals surface area contributed by atoms with Gasteiger partial charge >= 0.3 is 122 Å². The van der Waals surface area contributed by atoms with E-state index in [-0.39, 0.29) is 21.0 Å². The Morgan fingerprint density at radius 1 is 0.842 bits per heavy atom. The SMILES string of the molecule is [B][I-]c1ccc2[nH]c3ccc4ccccc4c3c2c1. The molecule has 4 rings (SSSR count). The van der Waals surface area contributed by atoms with Crippen LogP contribution in [0.4, 0.5) is 0 Å². The van der Waals surface area contributed by atoms with Gasteiger partial charge in [-0.25, -0.2) is 0 Å². The van der Waals surface area contributed by atoms with Crippen molar-refractivity contribution in [2.45, 2.75) is 0 Å². The van der Waals surface area contributed by atoms with Gasteiger partial charge in [-0.1, -0.05) is 0 Å². The molecule has 0 spiro atoms. The number of aromatic nitrogens is 1. The first-order chi connectivity index (χ1) is 9.36. The molecule has 1 aromatic heterocycles. The van der Waals surface area contributed by atoms with E-state index in [1.54, 1.807) is 0 Å². The molecule has 0 amide bonds. The summed E-state index contributed by atoms with van der Waals surface area (Å²) in [6, 6.07) is 19.4. The molecule has 1 heterocycles. The average molecular weight is 354 g/mol. The maximum atomic E-state index is 5.87. The third-order valence-corrected chi connectivity index (χ3v) is 4.97. The van der Waals surface area contributed by atoms with Gasteiger partial charge in [0.25, 0.3) is 0 Å². The van der Waals surface area contributed by atoms with Crippen molar-refractivity contribution in [1.29, 1.82) is 0 Å². The van der Waals surface area contributed by atoms with Crippen molar-refractivity contribution in [2.24, 2.45) is 0 Å². The molecule has 0 aliphatic heterocycles. The third-order valence-electron chi connectivity index (χ3n) is 3.58. The summed E-state index contributed by atoms with van der Waals surface area (Å²) >= 11 is -0.361. The average Bonchev–Trinajstić information content (AvgIpc) is 2.85. The summed E-state index contributed by atoms with van der Waals surface area (Å²) in [7, 11) is 0. The van der Waals surface area contributed by atoms with Crippen LogP contribution in [0.5, 0.6) is 0 Å². The number of nitrogens with one attached hydrogen (secondary N) is 1. The fourth-order valence-corrected chi connectivity index (χ4v) is 3.59. The molecule has 1 nitrogen and oxygen atoms in total. The zero-order chi connectivity index (χ0) is 12.8. The molecule has 2 radical (unpaired) electrons. The van der Waals surface area contributed by atoms with Crippen LogP contribution in [-0.2, 0) is 0 Å². The quantitative estimate of drug-likeness (QED) is 0.385. The first kappa shape index (κ1) is 11.4. The molecule has 0 atom stereocenters. The fraction of sp³-hybridized carbons (Fsp3) is 0. The van der Waals surface area contributed by atoms with Gasteiger partial charge in [0.1, 0.15) is 0 Å². The first-order valence-electron chi connectivity index (χ1n) is 6.13. The Morgan fingerprint density at radius 3 is 2.58 bits per heavy atom. The van der Waals surface area contributed by atoms with Crippen LogP contribution in [0.15, 0.2) is 54.6 Å². The number of benzene rings is 3. The van der Waals surface area contributed by atoms with Gasteiger partial charge in [0.05, 0.1) is 0 Å². The first-order valence-corrected chi connectivity index (χ1v) is 8.46. The fourth-order valence-electron chi connectivity index (χ4n) is 2.71. The Kier molecular flexibility index (Phi) is 2.55. The van der Waals surface area contributed by atoms with Crippen LogP contribution >= 0.6 is 0 Å². The summed E-state index contributed by atoms with van der Waals surface area (Å²) in [6.07, 6.45) is 0. The number of H-pyrrole nitrogens is 1. The van der Waals surface area contributed by atoms with Crippen LogP contribution in [0, 0.1) is 3.57 Å². The van der Waals surface area contributed by atoms with Gasteiger partial charge in [-0.05, 0) is 0 Å². The van der Waals surface area contributed by atoms with Crippen molar-refractivity contribution in [2.75, 3.05) is 0 Å². The number of hydrogen-bond acceptors (Lipinski definition) is 0. The van der Waals surface area contributed by atoms with E-state index in [1.165, 1.54) is 36.1 Å². The van der Waals surface area contributed by atoms with Crippen molar-refractivity contribution in [3.05, 3.63) is 58.2 Å². The second-order valence-electron chi connectivity index (χ2n) is 4.63. The summed E-state index contributed by atoms with van der Waals surface area (Å²) in [5, 5.41) is 5.18. The summed E-state index contributed by atoms with van der Waals surface area (Å²) in [6.45, 7) is 0. The Morgan fingerprint density at radius 2 is 1.68 bits per heavy atom. The van der Waals surface area contributed by atoms with Gasteiger partial charge in [-0.15, -0.1) is 0 Å². The van der Waals surface area contributed by atoms with E-state index in [1.807, 2.05) is 0 Å². The molecule has 4 aromatic rings. The second kappa shape index (κ2) is 4.27. The van der Waals surface area contributed by atoms with E-state index in [0.29, 0.717) is 0 Å². The maximum absolute atomic E-state index is 5.87. The van der Waals surface area contributed by atoms with E-state index in [4.69, 9.17) is 5.70 Å². The van der Waals surface area contributed by atoms with Crippen LogP contribution in [0.1, 0.15) is 0 Å². The van der Waals surface area contributed by atoms with Gasteiger partial charge in [0.2, 0.25) is 0 Å². The van der Waals surface area contributed by atoms with Crippen LogP contribution in [0.25, 0.3) is 32.6 Å². The molecular weight excluding hydrogens is 344 g/mol. The molecular formula is C16H10BIN-.